The van der Waals surface area contributed by atoms with Crippen molar-refractivity contribution in [2.45, 2.75) is 205 Å². The molecule has 7 heteroatoms. The molecule has 254 valence electrons. The summed E-state index contributed by atoms with van der Waals surface area (Å²) >= 11 is 10.8. The van der Waals surface area contributed by atoms with Gasteiger partial charge in [0.15, 0.2) is 16.2 Å². The fraction of sp³-hybridized carbons (Fsp3) is 0.944. The summed E-state index contributed by atoms with van der Waals surface area (Å²) in [4.78, 5) is 0. The lowest BCUT2D eigenvalue weighted by Crippen LogP contribution is -2.42. The second-order valence-corrected chi connectivity index (χ2v) is 13.8. The molecule has 5 nitrogen and oxygen atoms in total. The molecule has 0 aromatic carbocycles. The zero-order valence-corrected chi connectivity index (χ0v) is 29.7. The van der Waals surface area contributed by atoms with Gasteiger partial charge in [-0.1, -0.05) is 155 Å². The van der Waals surface area contributed by atoms with E-state index in [1.165, 1.54) is 128 Å². The molecule has 0 spiro atoms. The summed E-state index contributed by atoms with van der Waals surface area (Å²) in [5.74, 6) is 0. The Labute approximate surface area is 276 Å². The number of ether oxygens (including phenoxy) is 3. The van der Waals surface area contributed by atoms with E-state index in [0.717, 1.165) is 38.5 Å². The highest BCUT2D eigenvalue weighted by Gasteiger charge is 2.42. The zero-order valence-electron chi connectivity index (χ0n) is 28.0. The fourth-order valence-electron chi connectivity index (χ4n) is 5.85. The van der Waals surface area contributed by atoms with E-state index in [-0.39, 0.29) is 13.2 Å². The lowest BCUT2D eigenvalue weighted by Gasteiger charge is -2.23. The minimum absolute atomic E-state index is 0.0227. The van der Waals surface area contributed by atoms with Crippen molar-refractivity contribution < 1.29 is 24.4 Å². The van der Waals surface area contributed by atoms with E-state index < -0.39 is 24.4 Å². The molecule has 1 fully saturated rings. The van der Waals surface area contributed by atoms with Crippen LogP contribution in [0.25, 0.3) is 0 Å². The Balaban J connectivity index is 2.00. The number of unbranched alkanes of at least 4 members (excludes halogenated alkanes) is 22. The number of hydrogen-bond donors (Lipinski definition) is 2. The molecule has 0 aromatic rings. The van der Waals surface area contributed by atoms with Crippen molar-refractivity contribution in [3.63, 3.8) is 0 Å². The summed E-state index contributed by atoms with van der Waals surface area (Å²) in [5.41, 5.74) is 0. The van der Waals surface area contributed by atoms with Crippen LogP contribution in [0.3, 0.4) is 0 Å². The lowest BCUT2D eigenvalue weighted by atomic mass is 10.0. The molecule has 4 atom stereocenters. The Kier molecular flexibility index (Phi) is 27.5. The molecule has 1 aliphatic heterocycles. The maximum Gasteiger partial charge on any atom is 0.160 e. The number of thiocarbonyl (C=S) groups is 2. The van der Waals surface area contributed by atoms with Crippen molar-refractivity contribution >= 4 is 34.5 Å². The van der Waals surface area contributed by atoms with E-state index in [2.05, 4.69) is 13.8 Å². The third kappa shape index (κ3) is 22.8. The van der Waals surface area contributed by atoms with Gasteiger partial charge in [0.25, 0.3) is 0 Å². The lowest BCUT2D eigenvalue weighted by molar-refractivity contribution is -0.0657. The maximum absolute atomic E-state index is 10.7. The highest BCUT2D eigenvalue weighted by molar-refractivity contribution is 7.80. The van der Waals surface area contributed by atoms with E-state index in [9.17, 15) is 10.2 Å². The molecule has 0 amide bonds. The summed E-state index contributed by atoms with van der Waals surface area (Å²) in [6, 6.07) is 0. The Morgan fingerprint density at radius 3 is 1.42 bits per heavy atom. The molecule has 43 heavy (non-hydrogen) atoms. The van der Waals surface area contributed by atoms with Crippen molar-refractivity contribution in [1.29, 1.82) is 0 Å². The minimum atomic E-state index is -0.964. The monoisotopic (exact) mass is 644 g/mol. The highest BCUT2D eigenvalue weighted by atomic mass is 32.1. The van der Waals surface area contributed by atoms with Crippen LogP contribution in [0.4, 0.5) is 0 Å². The van der Waals surface area contributed by atoms with Gasteiger partial charge in [-0.3, -0.25) is 0 Å². The van der Waals surface area contributed by atoms with E-state index >= 15 is 0 Å². The topological polar surface area (TPSA) is 68.2 Å². The number of rotatable bonds is 30. The van der Waals surface area contributed by atoms with Gasteiger partial charge in [0.2, 0.25) is 0 Å². The predicted octanol–water partition coefficient (Wildman–Crippen LogP) is 10.3. The summed E-state index contributed by atoms with van der Waals surface area (Å²) < 4.78 is 17.1. The predicted molar refractivity (Wildman–Crippen MR) is 189 cm³/mol. The van der Waals surface area contributed by atoms with E-state index in [4.69, 9.17) is 38.6 Å². The number of aliphatic hydroxyl groups excluding tert-OH is 2. The van der Waals surface area contributed by atoms with Crippen LogP contribution in [-0.4, -0.2) is 57.9 Å². The first-order valence-corrected chi connectivity index (χ1v) is 19.1. The standard InChI is InChI=1S/C36H68O5S2/c1-3-5-7-9-11-13-15-17-19-21-23-25-27-33(42)39-29-31(37)36-35(38)32(30-40-36)41-34(43)28-26-24-22-20-18-16-14-12-10-8-6-4-2/h31-32,35-38H,3-30H2,1-2H3/t31-,32+,35+,36+/m0/s1. The van der Waals surface area contributed by atoms with Crippen LogP contribution in [-0.2, 0) is 14.2 Å². The van der Waals surface area contributed by atoms with Crippen LogP contribution < -0.4 is 0 Å². The molecule has 2 N–H and O–H groups in total. The van der Waals surface area contributed by atoms with Gasteiger partial charge in [-0.2, -0.15) is 0 Å². The van der Waals surface area contributed by atoms with Crippen LogP contribution in [0, 0.1) is 0 Å². The molecule has 0 saturated carbocycles. The molecule has 1 heterocycles. The SMILES string of the molecule is CCCCCCCCCCCCCCC(=S)OC[C@H](O)[C@H]1OC[C@@H](OC(=S)CCCCCCCCCCCCCC)[C@H]1O. The molecule has 0 aliphatic carbocycles. The van der Waals surface area contributed by atoms with E-state index in [0.29, 0.717) is 10.1 Å². The normalized spacial score (nSPS) is 19.0. The Morgan fingerprint density at radius 2 is 1.00 bits per heavy atom. The average Bonchev–Trinajstić information content (AvgIpc) is 3.36. The first kappa shape index (κ1) is 40.7. The third-order valence-corrected chi connectivity index (χ3v) is 9.34. The molecule has 0 radical (unpaired) electrons. The molecule has 1 aliphatic rings. The largest absolute Gasteiger partial charge is 0.484 e. The second-order valence-electron chi connectivity index (χ2n) is 12.8. The molecule has 1 saturated heterocycles. The van der Waals surface area contributed by atoms with Gasteiger partial charge in [-0.25, -0.2) is 0 Å². The Bertz CT molecular complexity index is 662. The van der Waals surface area contributed by atoms with Crippen LogP contribution in [0.5, 0.6) is 0 Å². The fourth-order valence-corrected chi connectivity index (χ4v) is 6.33. The van der Waals surface area contributed by atoms with Crippen molar-refractivity contribution in [3.8, 4) is 0 Å². The third-order valence-electron chi connectivity index (χ3n) is 8.72. The first-order chi connectivity index (χ1) is 21.0. The van der Waals surface area contributed by atoms with Gasteiger partial charge in [-0.15, -0.1) is 0 Å². The van der Waals surface area contributed by atoms with Crippen LogP contribution in [0.15, 0.2) is 0 Å². The molecule has 1 rings (SSSR count). The van der Waals surface area contributed by atoms with Crippen molar-refractivity contribution in [2.75, 3.05) is 13.2 Å². The van der Waals surface area contributed by atoms with Gasteiger partial charge in [0.1, 0.15) is 24.9 Å². The van der Waals surface area contributed by atoms with E-state index in [1.807, 2.05) is 0 Å². The highest BCUT2D eigenvalue weighted by Crippen LogP contribution is 2.22. The smallest absolute Gasteiger partial charge is 0.160 e. The van der Waals surface area contributed by atoms with Gasteiger partial charge in [-0.05, 0) is 37.3 Å². The molecular formula is C36H68O5S2. The Hall–Kier alpha value is -0.340. The average molecular weight is 645 g/mol. The first-order valence-electron chi connectivity index (χ1n) is 18.3. The van der Waals surface area contributed by atoms with Crippen LogP contribution >= 0.6 is 24.4 Å². The van der Waals surface area contributed by atoms with Crippen LogP contribution in [0.2, 0.25) is 0 Å². The quantitative estimate of drug-likeness (QED) is 0.0596. The van der Waals surface area contributed by atoms with Crippen molar-refractivity contribution in [1.82, 2.24) is 0 Å². The van der Waals surface area contributed by atoms with E-state index in [1.54, 1.807) is 0 Å². The molecule has 0 bridgehead atoms. The number of aliphatic hydroxyl groups is 2. The molecule has 0 unspecified atom stereocenters. The molecular weight excluding hydrogens is 577 g/mol. The molecule has 0 aromatic heterocycles. The van der Waals surface area contributed by atoms with Crippen molar-refractivity contribution in [2.24, 2.45) is 0 Å². The van der Waals surface area contributed by atoms with Crippen molar-refractivity contribution in [3.05, 3.63) is 0 Å². The van der Waals surface area contributed by atoms with Gasteiger partial charge in [0.05, 0.1) is 6.61 Å². The van der Waals surface area contributed by atoms with Gasteiger partial charge in [0, 0.05) is 12.8 Å². The number of hydrogen-bond acceptors (Lipinski definition) is 7. The zero-order chi connectivity index (χ0) is 31.4. The summed E-state index contributed by atoms with van der Waals surface area (Å²) in [6.45, 7) is 4.77. The summed E-state index contributed by atoms with van der Waals surface area (Å²) in [7, 11) is 0. The van der Waals surface area contributed by atoms with Gasteiger partial charge < -0.3 is 24.4 Å². The minimum Gasteiger partial charge on any atom is -0.484 e. The maximum atomic E-state index is 10.7. The van der Waals surface area contributed by atoms with Gasteiger partial charge >= 0.3 is 0 Å². The Morgan fingerprint density at radius 1 is 0.628 bits per heavy atom. The van der Waals surface area contributed by atoms with Crippen LogP contribution in [0.1, 0.15) is 181 Å². The second kappa shape index (κ2) is 29.1. The summed E-state index contributed by atoms with van der Waals surface area (Å²) in [5, 5.41) is 22.3. The summed E-state index contributed by atoms with van der Waals surface area (Å²) in [6.07, 6.45) is 29.5.